The fourth-order valence-corrected chi connectivity index (χ4v) is 1.06. The van der Waals surface area contributed by atoms with E-state index in [0.29, 0.717) is 11.3 Å². The maximum atomic E-state index is 11.5. The van der Waals surface area contributed by atoms with Gasteiger partial charge < -0.3 is 40.0 Å². The van der Waals surface area contributed by atoms with Crippen molar-refractivity contribution in [1.82, 2.24) is 5.32 Å². The van der Waals surface area contributed by atoms with Crippen LogP contribution < -0.4 is 34.8 Å². The molecule has 15 heavy (non-hydrogen) atoms. The van der Waals surface area contributed by atoms with Gasteiger partial charge in [0.2, 0.25) is 0 Å². The van der Waals surface area contributed by atoms with Crippen molar-refractivity contribution in [3.8, 4) is 0 Å². The van der Waals surface area contributed by atoms with Gasteiger partial charge in [-0.1, -0.05) is 0 Å². The summed E-state index contributed by atoms with van der Waals surface area (Å²) in [5.41, 5.74) is 1.90. The molecule has 0 aliphatic rings. The van der Waals surface area contributed by atoms with Crippen molar-refractivity contribution in [2.24, 2.45) is 0 Å². The number of nitrogens with two attached hydrogens (primary N) is 1. The number of benzene rings is 1. The van der Waals surface area contributed by atoms with E-state index < -0.39 is 0 Å². The van der Waals surface area contributed by atoms with E-state index in [0.717, 1.165) is 5.48 Å². The zero-order chi connectivity index (χ0) is 10.6. The molecule has 0 heterocycles. The fourth-order valence-electron chi connectivity index (χ4n) is 1.06. The summed E-state index contributed by atoms with van der Waals surface area (Å²) in [6.45, 7) is 3.80. The molecule has 1 rings (SSSR count). The van der Waals surface area contributed by atoms with Crippen molar-refractivity contribution in [1.29, 1.82) is 0 Å². The van der Waals surface area contributed by atoms with Gasteiger partial charge in [-0.3, -0.25) is 4.79 Å². The molecule has 84 valence electrons. The first-order chi connectivity index (χ1) is 6.63. The minimum atomic E-state index is -0.113. The van der Waals surface area contributed by atoms with Gasteiger partial charge >= 0.3 is 0 Å². The molecule has 4 nitrogen and oxygen atoms in total. The second kappa shape index (κ2) is 6.76. The first kappa shape index (κ1) is 14.3. The van der Waals surface area contributed by atoms with E-state index >= 15 is 0 Å². The summed E-state index contributed by atoms with van der Waals surface area (Å²) in [6, 6.07) is 6.65. The van der Waals surface area contributed by atoms with Gasteiger partial charge in [0, 0.05) is 23.7 Å². The Morgan fingerprint density at radius 1 is 1.33 bits per heavy atom. The first-order valence-electron chi connectivity index (χ1n) is 4.49. The molecule has 1 aromatic rings. The Bertz CT molecular complexity index is 312. The molecule has 5 heteroatoms. The second-order valence-corrected chi connectivity index (χ2v) is 3.37. The third kappa shape index (κ3) is 4.59. The minimum Gasteiger partial charge on any atom is -1.00 e. The number of hydrogen-bond donors (Lipinski definition) is 2. The normalized spacial score (nSPS) is 9.60. The van der Waals surface area contributed by atoms with Crippen LogP contribution in [0.4, 0.5) is 5.69 Å². The molecular formula is C10H14IN2O2-. The summed E-state index contributed by atoms with van der Waals surface area (Å²) in [5, 5.41) is 13.1. The fraction of sp³-hybridized carbons (Fsp3) is 0.300. The van der Waals surface area contributed by atoms with Gasteiger partial charge in [0.05, 0.1) is 0 Å². The SMILES string of the molecule is CC(C)NC(=O)c1ccc([NH2+][O-])cc1.[I-]. The average Bonchev–Trinajstić information content (AvgIpc) is 2.17. The van der Waals surface area contributed by atoms with E-state index in [9.17, 15) is 10.0 Å². The third-order valence-corrected chi connectivity index (χ3v) is 1.73. The summed E-state index contributed by atoms with van der Waals surface area (Å²) >= 11 is 0. The van der Waals surface area contributed by atoms with Crippen molar-refractivity contribution in [3.63, 3.8) is 0 Å². The summed E-state index contributed by atoms with van der Waals surface area (Å²) in [7, 11) is 0. The predicted molar refractivity (Wildman–Crippen MR) is 54.0 cm³/mol. The number of nitrogens with one attached hydrogen (secondary N) is 1. The van der Waals surface area contributed by atoms with Gasteiger partial charge in [-0.25, -0.2) is 0 Å². The Morgan fingerprint density at radius 2 is 1.87 bits per heavy atom. The van der Waals surface area contributed by atoms with Crippen molar-refractivity contribution in [2.75, 3.05) is 0 Å². The van der Waals surface area contributed by atoms with Gasteiger partial charge in [0.25, 0.3) is 5.91 Å². The minimum absolute atomic E-state index is 0. The molecule has 0 saturated carbocycles. The summed E-state index contributed by atoms with van der Waals surface area (Å²) in [6.07, 6.45) is 0. The Kier molecular flexibility index (Phi) is 6.46. The number of halogens is 1. The van der Waals surface area contributed by atoms with E-state index in [2.05, 4.69) is 5.32 Å². The maximum Gasteiger partial charge on any atom is 0.251 e. The van der Waals surface area contributed by atoms with Crippen LogP contribution in [-0.2, 0) is 0 Å². The molecule has 0 bridgehead atoms. The van der Waals surface area contributed by atoms with Crippen LogP contribution in [0.5, 0.6) is 0 Å². The van der Waals surface area contributed by atoms with E-state index in [4.69, 9.17) is 0 Å². The Labute approximate surface area is 106 Å². The highest BCUT2D eigenvalue weighted by Crippen LogP contribution is 2.04. The zero-order valence-electron chi connectivity index (χ0n) is 8.66. The largest absolute Gasteiger partial charge is 1.00 e. The third-order valence-electron chi connectivity index (χ3n) is 1.73. The monoisotopic (exact) mass is 321 g/mol. The smallest absolute Gasteiger partial charge is 0.251 e. The van der Waals surface area contributed by atoms with Gasteiger partial charge in [0.1, 0.15) is 5.69 Å². The molecule has 1 amide bonds. The van der Waals surface area contributed by atoms with Gasteiger partial charge in [-0.05, 0) is 26.0 Å². The Balaban J connectivity index is 0.00000196. The Morgan fingerprint density at radius 3 is 2.27 bits per heavy atom. The molecule has 0 atom stereocenters. The number of carbonyl (C=O) groups excluding carboxylic acids is 1. The maximum absolute atomic E-state index is 11.5. The van der Waals surface area contributed by atoms with Crippen molar-refractivity contribution in [3.05, 3.63) is 35.0 Å². The lowest BCUT2D eigenvalue weighted by Gasteiger charge is -2.08. The number of amides is 1. The van der Waals surface area contributed by atoms with Crippen LogP contribution in [-0.4, -0.2) is 11.9 Å². The van der Waals surface area contributed by atoms with Crippen LogP contribution in [0, 0.1) is 5.21 Å². The van der Waals surface area contributed by atoms with Crippen LogP contribution in [0.2, 0.25) is 0 Å². The van der Waals surface area contributed by atoms with Crippen LogP contribution in [0.1, 0.15) is 24.2 Å². The molecule has 3 N–H and O–H groups in total. The van der Waals surface area contributed by atoms with E-state index in [1.807, 2.05) is 13.8 Å². The second-order valence-electron chi connectivity index (χ2n) is 3.37. The Hall–Kier alpha value is -0.660. The number of quaternary nitrogens is 1. The van der Waals surface area contributed by atoms with E-state index in [-0.39, 0.29) is 35.9 Å². The number of rotatable bonds is 3. The lowest BCUT2D eigenvalue weighted by Crippen LogP contribution is -3.00. The first-order valence-corrected chi connectivity index (χ1v) is 4.49. The van der Waals surface area contributed by atoms with E-state index in [1.54, 1.807) is 24.3 Å². The van der Waals surface area contributed by atoms with E-state index in [1.165, 1.54) is 0 Å². The molecular weight excluding hydrogens is 307 g/mol. The lowest BCUT2D eigenvalue weighted by molar-refractivity contribution is -0.497. The van der Waals surface area contributed by atoms with Crippen molar-refractivity contribution >= 4 is 11.6 Å². The molecule has 0 radical (unpaired) electrons. The van der Waals surface area contributed by atoms with Crippen LogP contribution in [0.15, 0.2) is 24.3 Å². The van der Waals surface area contributed by atoms with Crippen molar-refractivity contribution < 1.29 is 34.3 Å². The molecule has 1 aromatic carbocycles. The number of hydrogen-bond acceptors (Lipinski definition) is 2. The summed E-state index contributed by atoms with van der Waals surface area (Å²) in [5.74, 6) is -0.113. The topological polar surface area (TPSA) is 68.8 Å². The van der Waals surface area contributed by atoms with Crippen LogP contribution in [0.3, 0.4) is 0 Å². The highest BCUT2D eigenvalue weighted by molar-refractivity contribution is 5.94. The van der Waals surface area contributed by atoms with Gasteiger partial charge in [-0.15, -0.1) is 0 Å². The molecule has 0 unspecified atom stereocenters. The standard InChI is InChI=1S/C10H14N2O2.HI/c1-7(2)11-10(13)8-3-5-9(12-14)6-4-8;/h3-7H,12H2,1-2H3,(H,11,13);1H/p-1. The van der Waals surface area contributed by atoms with Gasteiger partial charge in [0.15, 0.2) is 0 Å². The quantitative estimate of drug-likeness (QED) is 0.368. The predicted octanol–water partition coefficient (Wildman–Crippen LogP) is -2.48. The molecule has 0 aliphatic heterocycles. The van der Waals surface area contributed by atoms with Crippen molar-refractivity contribution in [2.45, 2.75) is 19.9 Å². The van der Waals surface area contributed by atoms with Crippen LogP contribution in [0.25, 0.3) is 0 Å². The van der Waals surface area contributed by atoms with Crippen LogP contribution >= 0.6 is 0 Å². The number of carbonyl (C=O) groups is 1. The molecule has 0 aromatic heterocycles. The molecule has 0 spiro atoms. The highest BCUT2D eigenvalue weighted by atomic mass is 127. The molecule has 0 fully saturated rings. The lowest BCUT2D eigenvalue weighted by atomic mass is 10.2. The molecule has 0 aliphatic carbocycles. The average molecular weight is 321 g/mol. The zero-order valence-corrected chi connectivity index (χ0v) is 10.8. The van der Waals surface area contributed by atoms with Gasteiger partial charge in [-0.2, -0.15) is 0 Å². The highest BCUT2D eigenvalue weighted by Gasteiger charge is 2.06. The summed E-state index contributed by atoms with van der Waals surface area (Å²) in [4.78, 5) is 11.5. The summed E-state index contributed by atoms with van der Waals surface area (Å²) < 4.78 is 0. The molecule has 0 saturated heterocycles.